The highest BCUT2D eigenvalue weighted by atomic mass is 127. The Hall–Kier alpha value is -2.43. The van der Waals surface area contributed by atoms with Gasteiger partial charge in [-0.15, -0.1) is 24.0 Å². The Balaban J connectivity index is 0.00000272. The molecule has 4 rings (SSSR count). The van der Waals surface area contributed by atoms with Crippen LogP contribution in [-0.2, 0) is 6.42 Å². The average Bonchev–Trinajstić information content (AvgIpc) is 3.36. The molecule has 1 atom stereocenters. The van der Waals surface area contributed by atoms with Gasteiger partial charge in [0.2, 0.25) is 0 Å². The summed E-state index contributed by atoms with van der Waals surface area (Å²) < 4.78 is 27.2. The van der Waals surface area contributed by atoms with Gasteiger partial charge in [0, 0.05) is 45.2 Å². The number of halogens is 3. The number of imidazole rings is 1. The van der Waals surface area contributed by atoms with Crippen molar-refractivity contribution in [3.63, 3.8) is 0 Å². The molecular weight excluding hydrogens is 513 g/mol. The monoisotopic (exact) mass is 540 g/mol. The van der Waals surface area contributed by atoms with Gasteiger partial charge in [-0.05, 0) is 37.1 Å². The first-order valence-corrected chi connectivity index (χ1v) is 10.2. The summed E-state index contributed by atoms with van der Waals surface area (Å²) in [6, 6.07) is 11.9. The molecule has 0 radical (unpaired) electrons. The van der Waals surface area contributed by atoms with E-state index in [-0.39, 0.29) is 30.0 Å². The summed E-state index contributed by atoms with van der Waals surface area (Å²) in [5.74, 6) is 0.626. The van der Waals surface area contributed by atoms with Crippen LogP contribution in [0.1, 0.15) is 18.7 Å². The normalized spacial score (nSPS) is 16.4. The standard InChI is InChI=1S/C22H26F2N6.HI/c1-25-22(26-11-4-7-21-28-18-5-2-3-6-19(18)29-21)27-16-10-12-30(14-16)20-9-8-15(23)13-17(20)24;/h2-3,5-6,8-9,13,16H,4,7,10-12,14H2,1H3,(H,28,29)(H2,25,26,27);1H. The van der Waals surface area contributed by atoms with Crippen LogP contribution in [0.15, 0.2) is 47.5 Å². The number of para-hydroxylation sites is 2. The second kappa shape index (κ2) is 10.7. The van der Waals surface area contributed by atoms with Gasteiger partial charge < -0.3 is 20.5 Å². The molecule has 3 aromatic rings. The molecular formula is C22H27F2IN6. The van der Waals surface area contributed by atoms with Crippen molar-refractivity contribution in [1.29, 1.82) is 0 Å². The van der Waals surface area contributed by atoms with Gasteiger partial charge in [0.1, 0.15) is 17.5 Å². The molecule has 1 saturated heterocycles. The zero-order valence-electron chi connectivity index (χ0n) is 17.4. The molecule has 1 fully saturated rings. The average molecular weight is 540 g/mol. The van der Waals surface area contributed by atoms with Gasteiger partial charge in [0.15, 0.2) is 5.96 Å². The Morgan fingerprint density at radius 1 is 1.26 bits per heavy atom. The maximum absolute atomic E-state index is 14.0. The van der Waals surface area contributed by atoms with Crippen molar-refractivity contribution in [1.82, 2.24) is 20.6 Å². The minimum Gasteiger partial charge on any atom is -0.367 e. The third-order valence-corrected chi connectivity index (χ3v) is 5.32. The molecule has 2 heterocycles. The lowest BCUT2D eigenvalue weighted by Gasteiger charge is -2.21. The van der Waals surface area contributed by atoms with Crippen LogP contribution in [0.5, 0.6) is 0 Å². The van der Waals surface area contributed by atoms with E-state index in [0.29, 0.717) is 18.8 Å². The molecule has 6 nitrogen and oxygen atoms in total. The fraction of sp³-hybridized carbons (Fsp3) is 0.364. The summed E-state index contributed by atoms with van der Waals surface area (Å²) in [5.41, 5.74) is 2.48. The quantitative estimate of drug-likeness (QED) is 0.193. The SMILES string of the molecule is CN=C(NCCCc1nc2ccccc2[nH]1)NC1CCN(c2ccc(F)cc2F)C1.I. The molecule has 31 heavy (non-hydrogen) atoms. The lowest BCUT2D eigenvalue weighted by Crippen LogP contribution is -2.45. The van der Waals surface area contributed by atoms with E-state index in [1.807, 2.05) is 29.2 Å². The van der Waals surface area contributed by atoms with Crippen molar-refractivity contribution in [2.24, 2.45) is 4.99 Å². The summed E-state index contributed by atoms with van der Waals surface area (Å²) >= 11 is 0. The smallest absolute Gasteiger partial charge is 0.191 e. The largest absolute Gasteiger partial charge is 0.367 e. The molecule has 0 spiro atoms. The van der Waals surface area contributed by atoms with Gasteiger partial charge in [-0.25, -0.2) is 13.8 Å². The van der Waals surface area contributed by atoms with Crippen LogP contribution in [0.3, 0.4) is 0 Å². The molecule has 0 amide bonds. The number of aromatic amines is 1. The second-order valence-electron chi connectivity index (χ2n) is 7.47. The van der Waals surface area contributed by atoms with Crippen molar-refractivity contribution in [2.75, 3.05) is 31.6 Å². The lowest BCUT2D eigenvalue weighted by atomic mass is 10.2. The summed E-state index contributed by atoms with van der Waals surface area (Å²) in [5, 5.41) is 6.72. The number of aryl methyl sites for hydroxylation is 1. The van der Waals surface area contributed by atoms with Crippen molar-refractivity contribution in [3.8, 4) is 0 Å². The first-order valence-electron chi connectivity index (χ1n) is 10.2. The van der Waals surface area contributed by atoms with Crippen LogP contribution in [0.2, 0.25) is 0 Å². The molecule has 0 aliphatic carbocycles. The minimum atomic E-state index is -0.558. The fourth-order valence-corrected chi connectivity index (χ4v) is 3.81. The van der Waals surface area contributed by atoms with E-state index >= 15 is 0 Å². The van der Waals surface area contributed by atoms with Gasteiger partial charge in [0.05, 0.1) is 16.7 Å². The first-order chi connectivity index (χ1) is 14.6. The van der Waals surface area contributed by atoms with E-state index in [1.54, 1.807) is 7.05 Å². The van der Waals surface area contributed by atoms with Gasteiger partial charge >= 0.3 is 0 Å². The molecule has 0 saturated carbocycles. The number of H-pyrrole nitrogens is 1. The van der Waals surface area contributed by atoms with Crippen LogP contribution < -0.4 is 15.5 Å². The number of fused-ring (bicyclic) bond motifs is 1. The predicted octanol–water partition coefficient (Wildman–Crippen LogP) is 3.84. The number of guanidine groups is 1. The topological polar surface area (TPSA) is 68.3 Å². The fourth-order valence-electron chi connectivity index (χ4n) is 3.81. The van der Waals surface area contributed by atoms with Crippen molar-refractivity contribution in [2.45, 2.75) is 25.3 Å². The van der Waals surface area contributed by atoms with Gasteiger partial charge in [-0.1, -0.05) is 12.1 Å². The molecule has 1 aromatic heterocycles. The van der Waals surface area contributed by atoms with Crippen LogP contribution >= 0.6 is 24.0 Å². The summed E-state index contributed by atoms with van der Waals surface area (Å²) in [4.78, 5) is 14.2. The van der Waals surface area contributed by atoms with E-state index in [0.717, 1.165) is 54.7 Å². The number of nitrogens with one attached hydrogen (secondary N) is 3. The Morgan fingerprint density at radius 3 is 2.87 bits per heavy atom. The summed E-state index contributed by atoms with van der Waals surface area (Å²) in [7, 11) is 1.74. The summed E-state index contributed by atoms with van der Waals surface area (Å²) in [6.07, 6.45) is 2.62. The van der Waals surface area contributed by atoms with Crippen LogP contribution in [0, 0.1) is 11.6 Å². The van der Waals surface area contributed by atoms with Crippen molar-refractivity contribution < 1.29 is 8.78 Å². The number of hydrogen-bond acceptors (Lipinski definition) is 3. The van der Waals surface area contributed by atoms with E-state index in [9.17, 15) is 8.78 Å². The highest BCUT2D eigenvalue weighted by Gasteiger charge is 2.25. The van der Waals surface area contributed by atoms with Gasteiger partial charge in [-0.3, -0.25) is 4.99 Å². The number of nitrogens with zero attached hydrogens (tertiary/aromatic N) is 3. The van der Waals surface area contributed by atoms with Gasteiger partial charge in [0.25, 0.3) is 0 Å². The Kier molecular flexibility index (Phi) is 8.05. The van der Waals surface area contributed by atoms with Crippen LogP contribution in [0.4, 0.5) is 14.5 Å². The number of hydrogen-bond donors (Lipinski definition) is 3. The summed E-state index contributed by atoms with van der Waals surface area (Å²) in [6.45, 7) is 2.12. The van der Waals surface area contributed by atoms with E-state index < -0.39 is 11.6 Å². The molecule has 2 aromatic carbocycles. The Morgan fingerprint density at radius 2 is 2.10 bits per heavy atom. The number of anilines is 1. The highest BCUT2D eigenvalue weighted by Crippen LogP contribution is 2.24. The minimum absolute atomic E-state index is 0. The molecule has 9 heteroatoms. The van der Waals surface area contributed by atoms with E-state index in [1.165, 1.54) is 12.1 Å². The maximum atomic E-state index is 14.0. The van der Waals surface area contributed by atoms with Crippen molar-refractivity contribution in [3.05, 3.63) is 59.9 Å². The zero-order chi connectivity index (χ0) is 20.9. The molecule has 1 aliphatic rings. The Bertz CT molecular complexity index is 1000. The zero-order valence-corrected chi connectivity index (χ0v) is 19.7. The van der Waals surface area contributed by atoms with Crippen molar-refractivity contribution >= 4 is 46.7 Å². The third-order valence-electron chi connectivity index (χ3n) is 5.32. The van der Waals surface area contributed by atoms with Gasteiger partial charge in [-0.2, -0.15) is 0 Å². The van der Waals surface area contributed by atoms with Crippen LogP contribution in [-0.4, -0.2) is 48.7 Å². The van der Waals surface area contributed by atoms with E-state index in [4.69, 9.17) is 0 Å². The molecule has 1 aliphatic heterocycles. The lowest BCUT2D eigenvalue weighted by molar-refractivity contribution is 0.580. The number of aliphatic imine (C=N–C) groups is 1. The highest BCUT2D eigenvalue weighted by molar-refractivity contribution is 14.0. The Labute approximate surface area is 197 Å². The van der Waals surface area contributed by atoms with Crippen LogP contribution in [0.25, 0.3) is 11.0 Å². The third kappa shape index (κ3) is 5.84. The van der Waals surface area contributed by atoms with E-state index in [2.05, 4.69) is 25.6 Å². The second-order valence-corrected chi connectivity index (χ2v) is 7.47. The number of aromatic nitrogens is 2. The molecule has 3 N–H and O–H groups in total. The maximum Gasteiger partial charge on any atom is 0.191 e. The molecule has 1 unspecified atom stereocenters. The predicted molar refractivity (Wildman–Crippen MR) is 131 cm³/mol. The molecule has 0 bridgehead atoms. The molecule has 166 valence electrons. The number of rotatable bonds is 6. The first kappa shape index (κ1) is 23.2. The number of benzene rings is 2.